The molecule has 0 aliphatic rings. The van der Waals surface area contributed by atoms with Crippen LogP contribution < -0.4 is 34.3 Å². The number of halogens is 1. The zero-order valence-corrected chi connectivity index (χ0v) is 9.96. The molecule has 0 atom stereocenters. The average Bonchev–Trinajstić information content (AvgIpc) is 1.63. The third-order valence-electron chi connectivity index (χ3n) is 0.559. The fraction of sp³-hybridized carbons (Fsp3) is 1.00. The summed E-state index contributed by atoms with van der Waals surface area (Å²) in [6, 6.07) is -0.0752. The van der Waals surface area contributed by atoms with Crippen molar-refractivity contribution in [1.82, 2.24) is 4.72 Å². The van der Waals surface area contributed by atoms with Gasteiger partial charge in [0.25, 0.3) is 0 Å². The molecule has 3 nitrogen and oxygen atoms in total. The minimum Gasteiger partial charge on any atom is -1.00 e. The zero-order chi connectivity index (χ0) is 7.49. The number of sulfonamides is 1. The standard InChI is InChI=1S/C4H10ClNO2S.Na.H/c1-4(2)6-9(7,8)3-5;;/h4,6H,3H2,1-2H3;;/q;+1;-1. The number of hydrogen-bond donors (Lipinski definition) is 1. The first-order valence-electron chi connectivity index (χ1n) is 2.54. The molecule has 0 rings (SSSR count). The summed E-state index contributed by atoms with van der Waals surface area (Å²) >= 11 is 5.09. The van der Waals surface area contributed by atoms with Gasteiger partial charge in [0.05, 0.1) is 0 Å². The Kier molecular flexibility index (Phi) is 7.99. The van der Waals surface area contributed by atoms with E-state index in [2.05, 4.69) is 4.72 Å². The zero-order valence-electron chi connectivity index (χ0n) is 7.39. The van der Waals surface area contributed by atoms with Crippen LogP contribution in [0.4, 0.5) is 0 Å². The Hall–Kier alpha value is 1.20. The summed E-state index contributed by atoms with van der Waals surface area (Å²) in [6.45, 7) is 3.48. The molecule has 0 bridgehead atoms. The van der Waals surface area contributed by atoms with Crippen molar-refractivity contribution in [1.29, 1.82) is 0 Å². The van der Waals surface area contributed by atoms with E-state index in [0.717, 1.165) is 0 Å². The largest absolute Gasteiger partial charge is 1.00 e. The molecular formula is C4H11ClNNaO2S. The summed E-state index contributed by atoms with van der Waals surface area (Å²) in [5.41, 5.74) is 0. The maximum absolute atomic E-state index is 10.6. The molecule has 0 heterocycles. The molecule has 1 N–H and O–H groups in total. The van der Waals surface area contributed by atoms with Crippen LogP contribution in [-0.4, -0.2) is 19.7 Å². The van der Waals surface area contributed by atoms with Gasteiger partial charge in [0.1, 0.15) is 5.21 Å². The molecule has 10 heavy (non-hydrogen) atoms. The minimum atomic E-state index is -3.20. The Balaban J connectivity index is -0.000000320. The SMILES string of the molecule is CC(C)NS(=O)(=O)CCl.[H-].[Na+]. The van der Waals surface area contributed by atoms with Crippen LogP contribution in [0.3, 0.4) is 0 Å². The molecule has 0 aromatic carbocycles. The molecular weight excluding hydrogens is 185 g/mol. The molecule has 0 aromatic heterocycles. The number of hydrogen-bond acceptors (Lipinski definition) is 2. The molecule has 0 spiro atoms. The van der Waals surface area contributed by atoms with Crippen LogP contribution in [-0.2, 0) is 10.0 Å². The summed E-state index contributed by atoms with van der Waals surface area (Å²) in [5.74, 6) is 0. The Morgan fingerprint density at radius 1 is 1.60 bits per heavy atom. The maximum atomic E-state index is 10.6. The predicted octanol–water partition coefficient (Wildman–Crippen LogP) is -2.37. The number of alkyl halides is 1. The first-order chi connectivity index (χ1) is 3.98. The van der Waals surface area contributed by atoms with E-state index < -0.39 is 10.0 Å². The minimum absolute atomic E-state index is 0. The van der Waals surface area contributed by atoms with Crippen LogP contribution in [0, 0.1) is 0 Å². The quantitative estimate of drug-likeness (QED) is 0.404. The smallest absolute Gasteiger partial charge is 1.00 e. The van der Waals surface area contributed by atoms with Crippen molar-refractivity contribution < 1.29 is 39.4 Å². The number of nitrogens with one attached hydrogen (secondary N) is 1. The van der Waals surface area contributed by atoms with E-state index in [9.17, 15) is 8.42 Å². The van der Waals surface area contributed by atoms with E-state index >= 15 is 0 Å². The normalized spacial score (nSPS) is 11.2. The predicted molar refractivity (Wildman–Crippen MR) is 39.0 cm³/mol. The second-order valence-electron chi connectivity index (χ2n) is 2.00. The van der Waals surface area contributed by atoms with Gasteiger partial charge in [-0.25, -0.2) is 13.1 Å². The summed E-state index contributed by atoms with van der Waals surface area (Å²) < 4.78 is 23.4. The van der Waals surface area contributed by atoms with Gasteiger partial charge in [0, 0.05) is 6.04 Å². The van der Waals surface area contributed by atoms with E-state index in [0.29, 0.717) is 0 Å². The van der Waals surface area contributed by atoms with Crippen molar-refractivity contribution in [3.63, 3.8) is 0 Å². The monoisotopic (exact) mass is 195 g/mol. The van der Waals surface area contributed by atoms with E-state index in [-0.39, 0.29) is 42.2 Å². The second kappa shape index (κ2) is 5.80. The summed E-state index contributed by atoms with van der Waals surface area (Å²) in [4.78, 5) is 0. The topological polar surface area (TPSA) is 46.2 Å². The van der Waals surface area contributed by atoms with Gasteiger partial charge in [0.2, 0.25) is 10.0 Å². The van der Waals surface area contributed by atoms with Crippen molar-refractivity contribution >= 4 is 21.6 Å². The van der Waals surface area contributed by atoms with Crippen LogP contribution in [0.5, 0.6) is 0 Å². The van der Waals surface area contributed by atoms with Crippen LogP contribution in [0.15, 0.2) is 0 Å². The fourth-order valence-electron chi connectivity index (χ4n) is 0.391. The molecule has 0 saturated heterocycles. The molecule has 58 valence electrons. The van der Waals surface area contributed by atoms with Crippen LogP contribution in [0.2, 0.25) is 0 Å². The molecule has 0 aliphatic carbocycles. The fourth-order valence-corrected chi connectivity index (χ4v) is 1.36. The number of rotatable bonds is 3. The van der Waals surface area contributed by atoms with E-state index in [4.69, 9.17) is 11.6 Å². The van der Waals surface area contributed by atoms with Gasteiger partial charge in [-0.05, 0) is 13.8 Å². The Morgan fingerprint density at radius 2 is 2.00 bits per heavy atom. The second-order valence-corrected chi connectivity index (χ2v) is 4.33. The summed E-state index contributed by atoms with van der Waals surface area (Å²) in [5, 5.41) is -0.370. The van der Waals surface area contributed by atoms with Gasteiger partial charge in [0.15, 0.2) is 0 Å². The summed E-state index contributed by atoms with van der Waals surface area (Å²) in [7, 11) is -3.20. The van der Waals surface area contributed by atoms with E-state index in [1.807, 2.05) is 0 Å². The van der Waals surface area contributed by atoms with E-state index in [1.54, 1.807) is 13.8 Å². The molecule has 0 saturated carbocycles. The van der Waals surface area contributed by atoms with Crippen LogP contribution in [0.25, 0.3) is 0 Å². The van der Waals surface area contributed by atoms with E-state index in [1.165, 1.54) is 0 Å². The van der Waals surface area contributed by atoms with Crippen molar-refractivity contribution in [3.8, 4) is 0 Å². The van der Waals surface area contributed by atoms with Crippen molar-refractivity contribution in [2.45, 2.75) is 19.9 Å². The molecule has 0 aromatic rings. The molecule has 0 radical (unpaired) electrons. The van der Waals surface area contributed by atoms with Gasteiger partial charge in [-0.1, -0.05) is 0 Å². The first-order valence-corrected chi connectivity index (χ1v) is 4.72. The van der Waals surface area contributed by atoms with Crippen LogP contribution in [0.1, 0.15) is 15.3 Å². The Labute approximate surface area is 90.3 Å². The molecule has 0 fully saturated rings. The van der Waals surface area contributed by atoms with Crippen molar-refractivity contribution in [3.05, 3.63) is 0 Å². The molecule has 0 amide bonds. The Bertz CT molecular complexity index is 173. The third kappa shape index (κ3) is 7.31. The van der Waals surface area contributed by atoms with Gasteiger partial charge in [-0.3, -0.25) is 0 Å². The van der Waals surface area contributed by atoms with Gasteiger partial charge in [-0.15, -0.1) is 11.6 Å². The summed E-state index contributed by atoms with van der Waals surface area (Å²) in [6.07, 6.45) is 0. The Morgan fingerprint density at radius 3 is 2.10 bits per heavy atom. The molecule has 0 unspecified atom stereocenters. The van der Waals surface area contributed by atoms with Crippen molar-refractivity contribution in [2.75, 3.05) is 5.21 Å². The maximum Gasteiger partial charge on any atom is 1.00 e. The third-order valence-corrected chi connectivity index (χ3v) is 2.54. The van der Waals surface area contributed by atoms with Crippen LogP contribution >= 0.6 is 11.6 Å². The van der Waals surface area contributed by atoms with Gasteiger partial charge >= 0.3 is 29.6 Å². The molecule has 6 heteroatoms. The van der Waals surface area contributed by atoms with Crippen molar-refractivity contribution in [2.24, 2.45) is 0 Å². The van der Waals surface area contributed by atoms with Gasteiger partial charge in [-0.2, -0.15) is 0 Å². The molecule has 0 aliphatic heterocycles. The first kappa shape index (κ1) is 13.8. The average molecular weight is 196 g/mol. The van der Waals surface area contributed by atoms with Gasteiger partial charge < -0.3 is 1.43 Å².